The number of hydrogen-bond acceptors (Lipinski definition) is 6. The van der Waals surface area contributed by atoms with Gasteiger partial charge in [-0.3, -0.25) is 0 Å². The van der Waals surface area contributed by atoms with E-state index in [1.165, 1.54) is 6.33 Å². The van der Waals surface area contributed by atoms with Gasteiger partial charge in [-0.25, -0.2) is 14.8 Å². The Morgan fingerprint density at radius 3 is 2.50 bits per heavy atom. The fraction of sp³-hybridized carbons (Fsp3) is 0.150. The second kappa shape index (κ2) is 8.60. The fourth-order valence-electron chi connectivity index (χ4n) is 2.47. The third-order valence-corrected chi connectivity index (χ3v) is 3.78. The molecule has 0 spiro atoms. The number of benzene rings is 2. The molecular weight excluding hydrogens is 360 g/mol. The normalized spacial score (nSPS) is 10.0. The van der Waals surface area contributed by atoms with E-state index in [0.29, 0.717) is 39.7 Å². The first kappa shape index (κ1) is 18.8. The first-order valence-corrected chi connectivity index (χ1v) is 8.27. The van der Waals surface area contributed by atoms with Crippen molar-refractivity contribution >= 4 is 22.6 Å². The van der Waals surface area contributed by atoms with Crippen LogP contribution >= 0.6 is 0 Å². The Hall–Kier alpha value is -3.99. The van der Waals surface area contributed by atoms with E-state index in [9.17, 15) is 4.79 Å². The quantitative estimate of drug-likeness (QED) is 0.640. The number of carbonyl (C=O) groups is 1. The molecule has 0 fully saturated rings. The van der Waals surface area contributed by atoms with Crippen LogP contribution in [0.2, 0.25) is 0 Å². The molecular formula is C20H18N4O4. The lowest BCUT2D eigenvalue weighted by molar-refractivity contribution is 0.253. The molecule has 0 atom stereocenters. The van der Waals surface area contributed by atoms with Crippen LogP contribution in [0.3, 0.4) is 0 Å². The zero-order chi connectivity index (χ0) is 19.9. The number of anilines is 1. The summed E-state index contributed by atoms with van der Waals surface area (Å²) < 4.78 is 16.5. The standard InChI is InChI=1S/C20H18N4O4/c1-4-9-21-20(25)24-13-5-7-14(8-6-13)28-19-15-10-17(26-2)18(27-3)11-16(15)22-12-23-19/h1,5-8,10-12H,9H2,2-3H3,(H2,21,24,25). The molecule has 0 unspecified atom stereocenters. The summed E-state index contributed by atoms with van der Waals surface area (Å²) in [5.74, 6) is 4.37. The summed E-state index contributed by atoms with van der Waals surface area (Å²) in [6.45, 7) is 0.155. The van der Waals surface area contributed by atoms with Gasteiger partial charge in [-0.2, -0.15) is 0 Å². The third-order valence-electron chi connectivity index (χ3n) is 3.78. The van der Waals surface area contributed by atoms with E-state index in [0.717, 1.165) is 0 Å². The van der Waals surface area contributed by atoms with Gasteiger partial charge in [0.25, 0.3) is 0 Å². The number of urea groups is 1. The van der Waals surface area contributed by atoms with Crippen molar-refractivity contribution in [2.24, 2.45) is 0 Å². The highest BCUT2D eigenvalue weighted by Gasteiger charge is 2.12. The van der Waals surface area contributed by atoms with E-state index in [1.807, 2.05) is 0 Å². The van der Waals surface area contributed by atoms with Gasteiger partial charge in [0.1, 0.15) is 12.1 Å². The summed E-state index contributed by atoms with van der Waals surface area (Å²) in [5, 5.41) is 5.86. The predicted octanol–water partition coefficient (Wildman–Crippen LogP) is 3.19. The van der Waals surface area contributed by atoms with Crippen LogP contribution < -0.4 is 24.8 Å². The molecule has 1 heterocycles. The Morgan fingerprint density at radius 2 is 1.82 bits per heavy atom. The van der Waals surface area contributed by atoms with Crippen molar-refractivity contribution in [3.05, 3.63) is 42.7 Å². The summed E-state index contributed by atoms with van der Waals surface area (Å²) in [7, 11) is 3.12. The molecule has 3 rings (SSSR count). The van der Waals surface area contributed by atoms with E-state index < -0.39 is 0 Å². The number of fused-ring (bicyclic) bond motifs is 1. The Bertz CT molecular complexity index is 1030. The van der Waals surface area contributed by atoms with Gasteiger partial charge in [0.2, 0.25) is 5.88 Å². The second-order valence-corrected chi connectivity index (χ2v) is 5.54. The first-order chi connectivity index (χ1) is 13.6. The van der Waals surface area contributed by atoms with Crippen LogP contribution in [0.1, 0.15) is 0 Å². The van der Waals surface area contributed by atoms with E-state index in [4.69, 9.17) is 20.6 Å². The second-order valence-electron chi connectivity index (χ2n) is 5.54. The van der Waals surface area contributed by atoms with Crippen molar-refractivity contribution in [1.29, 1.82) is 0 Å². The lowest BCUT2D eigenvalue weighted by Gasteiger charge is -2.12. The molecule has 0 aliphatic rings. The summed E-state index contributed by atoms with van der Waals surface area (Å²) in [6.07, 6.45) is 6.52. The Labute approximate surface area is 161 Å². The number of hydrogen-bond donors (Lipinski definition) is 2. The van der Waals surface area contributed by atoms with Crippen LogP contribution in [-0.2, 0) is 0 Å². The van der Waals surface area contributed by atoms with Crippen LogP contribution in [0.5, 0.6) is 23.1 Å². The predicted molar refractivity (Wildman–Crippen MR) is 105 cm³/mol. The van der Waals surface area contributed by atoms with E-state index in [2.05, 4.69) is 26.5 Å². The molecule has 2 amide bonds. The molecule has 0 saturated carbocycles. The fourth-order valence-corrected chi connectivity index (χ4v) is 2.47. The average molecular weight is 378 g/mol. The number of carbonyl (C=O) groups excluding carboxylic acids is 1. The molecule has 28 heavy (non-hydrogen) atoms. The maximum absolute atomic E-state index is 11.6. The van der Waals surface area contributed by atoms with Crippen molar-refractivity contribution in [2.75, 3.05) is 26.1 Å². The highest BCUT2D eigenvalue weighted by atomic mass is 16.5. The van der Waals surface area contributed by atoms with Gasteiger partial charge in [0.15, 0.2) is 11.5 Å². The lowest BCUT2D eigenvalue weighted by Crippen LogP contribution is -2.28. The zero-order valence-electron chi connectivity index (χ0n) is 15.4. The smallest absolute Gasteiger partial charge is 0.319 e. The van der Waals surface area contributed by atoms with E-state index in [-0.39, 0.29) is 12.6 Å². The van der Waals surface area contributed by atoms with Crippen molar-refractivity contribution in [2.45, 2.75) is 0 Å². The van der Waals surface area contributed by atoms with Crippen LogP contribution in [0.4, 0.5) is 10.5 Å². The van der Waals surface area contributed by atoms with Crippen LogP contribution in [-0.4, -0.2) is 36.8 Å². The molecule has 0 aliphatic carbocycles. The number of aromatic nitrogens is 2. The van der Waals surface area contributed by atoms with Crippen molar-refractivity contribution in [3.8, 4) is 35.5 Å². The van der Waals surface area contributed by atoms with E-state index >= 15 is 0 Å². The van der Waals surface area contributed by atoms with Crippen molar-refractivity contribution < 1.29 is 19.0 Å². The molecule has 8 nitrogen and oxygen atoms in total. The summed E-state index contributed by atoms with van der Waals surface area (Å²) >= 11 is 0. The highest BCUT2D eigenvalue weighted by molar-refractivity contribution is 5.89. The van der Waals surface area contributed by atoms with Crippen LogP contribution in [0, 0.1) is 12.3 Å². The van der Waals surface area contributed by atoms with Crippen LogP contribution in [0.25, 0.3) is 10.9 Å². The van der Waals surface area contributed by atoms with Gasteiger partial charge in [0.05, 0.1) is 31.7 Å². The molecule has 2 N–H and O–H groups in total. The minimum Gasteiger partial charge on any atom is -0.493 e. The Balaban J connectivity index is 1.81. The number of nitrogens with one attached hydrogen (secondary N) is 2. The largest absolute Gasteiger partial charge is 0.493 e. The summed E-state index contributed by atoms with van der Waals surface area (Å²) in [4.78, 5) is 20.1. The molecule has 1 aromatic heterocycles. The number of rotatable bonds is 6. The van der Waals surface area contributed by atoms with Gasteiger partial charge >= 0.3 is 6.03 Å². The number of methoxy groups -OCH3 is 2. The lowest BCUT2D eigenvalue weighted by atomic mass is 10.2. The number of terminal acetylenes is 1. The molecule has 0 aliphatic heterocycles. The van der Waals surface area contributed by atoms with Crippen molar-refractivity contribution in [3.63, 3.8) is 0 Å². The zero-order valence-corrected chi connectivity index (χ0v) is 15.4. The Kier molecular flexibility index (Phi) is 5.77. The number of nitrogens with zero attached hydrogens (tertiary/aromatic N) is 2. The number of amides is 2. The number of ether oxygens (including phenoxy) is 3. The molecule has 8 heteroatoms. The average Bonchev–Trinajstić information content (AvgIpc) is 2.72. The monoisotopic (exact) mass is 378 g/mol. The summed E-state index contributed by atoms with van der Waals surface area (Å²) in [5.41, 5.74) is 1.26. The third kappa shape index (κ3) is 4.22. The van der Waals surface area contributed by atoms with Gasteiger partial charge in [-0.15, -0.1) is 6.42 Å². The molecule has 142 valence electrons. The SMILES string of the molecule is C#CCNC(=O)Nc1ccc(Oc2ncnc3cc(OC)c(OC)cc23)cc1. The molecule has 0 radical (unpaired) electrons. The molecule has 0 bridgehead atoms. The van der Waals surface area contributed by atoms with Gasteiger partial charge in [-0.1, -0.05) is 5.92 Å². The van der Waals surface area contributed by atoms with Gasteiger partial charge in [0, 0.05) is 11.8 Å². The van der Waals surface area contributed by atoms with Gasteiger partial charge in [-0.05, 0) is 30.3 Å². The van der Waals surface area contributed by atoms with Crippen molar-refractivity contribution in [1.82, 2.24) is 15.3 Å². The minimum absolute atomic E-state index is 0.155. The molecule has 3 aromatic rings. The van der Waals surface area contributed by atoms with E-state index in [1.54, 1.807) is 50.6 Å². The van der Waals surface area contributed by atoms with Gasteiger partial charge < -0.3 is 24.8 Å². The Morgan fingerprint density at radius 1 is 1.11 bits per heavy atom. The maximum atomic E-state index is 11.6. The highest BCUT2D eigenvalue weighted by Crippen LogP contribution is 2.35. The maximum Gasteiger partial charge on any atom is 0.319 e. The minimum atomic E-state index is -0.380. The summed E-state index contributed by atoms with van der Waals surface area (Å²) in [6, 6.07) is 9.97. The topological polar surface area (TPSA) is 94.6 Å². The molecule has 2 aromatic carbocycles. The first-order valence-electron chi connectivity index (χ1n) is 8.27. The molecule has 0 saturated heterocycles. The van der Waals surface area contributed by atoms with Crippen LogP contribution in [0.15, 0.2) is 42.7 Å².